The van der Waals surface area contributed by atoms with Crippen molar-refractivity contribution in [1.82, 2.24) is 10.2 Å². The summed E-state index contributed by atoms with van der Waals surface area (Å²) in [5, 5.41) is 5.53. The molecule has 1 aromatic heterocycles. The number of thiophene rings is 1. The van der Waals surface area contributed by atoms with Crippen LogP contribution in [0.3, 0.4) is 0 Å². The maximum Gasteiger partial charge on any atom is 0.244 e. The highest BCUT2D eigenvalue weighted by Crippen LogP contribution is 2.46. The number of carbonyl (C=O) groups is 1. The molecule has 2 unspecified atom stereocenters. The molecule has 1 N–H and O–H groups in total. The van der Waals surface area contributed by atoms with Gasteiger partial charge in [-0.25, -0.2) is 0 Å². The predicted molar refractivity (Wildman–Crippen MR) is 77.4 cm³/mol. The van der Waals surface area contributed by atoms with Crippen molar-refractivity contribution in [1.29, 1.82) is 0 Å². The summed E-state index contributed by atoms with van der Waals surface area (Å²) in [4.78, 5) is 15.6. The lowest BCUT2D eigenvalue weighted by Gasteiger charge is -2.23. The highest BCUT2D eigenvalue weighted by molar-refractivity contribution is 7.84. The van der Waals surface area contributed by atoms with E-state index >= 15 is 0 Å². The topological polar surface area (TPSA) is 49.4 Å². The predicted octanol–water partition coefficient (Wildman–Crippen LogP) is 1.48. The zero-order valence-corrected chi connectivity index (χ0v) is 12.6. The molecule has 1 amide bonds. The lowest BCUT2D eigenvalue weighted by Crippen LogP contribution is -2.33. The molecule has 0 bridgehead atoms. The van der Waals surface area contributed by atoms with Crippen LogP contribution >= 0.6 is 11.3 Å². The van der Waals surface area contributed by atoms with Crippen LogP contribution in [0.2, 0.25) is 0 Å². The van der Waals surface area contributed by atoms with Gasteiger partial charge in [0.1, 0.15) is 11.7 Å². The Morgan fingerprint density at radius 2 is 2.37 bits per heavy atom. The second-order valence-corrected chi connectivity index (χ2v) is 7.81. The van der Waals surface area contributed by atoms with E-state index in [1.54, 1.807) is 17.6 Å². The summed E-state index contributed by atoms with van der Waals surface area (Å²) in [6.07, 6.45) is 4.42. The van der Waals surface area contributed by atoms with Crippen LogP contribution in [0, 0.1) is 0 Å². The van der Waals surface area contributed by atoms with Crippen molar-refractivity contribution >= 4 is 28.0 Å². The molecular formula is C13H18N2O2S2. The number of hydrogen-bond acceptors (Lipinski definition) is 4. The van der Waals surface area contributed by atoms with Crippen LogP contribution in [-0.2, 0) is 15.6 Å². The van der Waals surface area contributed by atoms with E-state index < -0.39 is 10.8 Å². The lowest BCUT2D eigenvalue weighted by atomic mass is 10.2. The van der Waals surface area contributed by atoms with Crippen molar-refractivity contribution in [2.75, 3.05) is 18.6 Å². The Hall–Kier alpha value is -0.720. The van der Waals surface area contributed by atoms with E-state index in [2.05, 4.69) is 11.4 Å². The quantitative estimate of drug-likeness (QED) is 0.896. The lowest BCUT2D eigenvalue weighted by molar-refractivity contribution is -0.130. The van der Waals surface area contributed by atoms with Crippen molar-refractivity contribution in [3.63, 3.8) is 0 Å². The van der Waals surface area contributed by atoms with E-state index in [1.165, 1.54) is 4.88 Å². The summed E-state index contributed by atoms with van der Waals surface area (Å²) < 4.78 is 11.1. The molecule has 2 fully saturated rings. The standard InChI is InChI=1S/C13H18N2O2S2/c1-19(17)9-3-7-15-11(10-4-2-8-18-10)14-13(5-6-13)12(15)16/h2,4,8,11,14H,3,5-7,9H2,1H3. The van der Waals surface area contributed by atoms with Crippen LogP contribution in [0.15, 0.2) is 17.5 Å². The minimum atomic E-state index is -0.784. The minimum Gasteiger partial charge on any atom is -0.320 e. The molecule has 1 aromatic rings. The second-order valence-electron chi connectivity index (χ2n) is 5.27. The Labute approximate surface area is 119 Å². The van der Waals surface area contributed by atoms with Crippen molar-refractivity contribution in [2.24, 2.45) is 0 Å². The van der Waals surface area contributed by atoms with E-state index in [1.807, 2.05) is 16.3 Å². The van der Waals surface area contributed by atoms with E-state index in [4.69, 9.17) is 0 Å². The fourth-order valence-electron chi connectivity index (χ4n) is 2.62. The summed E-state index contributed by atoms with van der Waals surface area (Å²) in [5.74, 6) is 0.890. The molecule has 104 valence electrons. The maximum atomic E-state index is 12.5. The van der Waals surface area contributed by atoms with Gasteiger partial charge in [-0.05, 0) is 30.7 Å². The molecule has 6 heteroatoms. The van der Waals surface area contributed by atoms with Gasteiger partial charge in [-0.3, -0.25) is 14.3 Å². The monoisotopic (exact) mass is 298 g/mol. The first-order chi connectivity index (χ1) is 9.12. The van der Waals surface area contributed by atoms with Crippen molar-refractivity contribution in [3.05, 3.63) is 22.4 Å². The summed E-state index contributed by atoms with van der Waals surface area (Å²) in [7, 11) is -0.784. The largest absolute Gasteiger partial charge is 0.320 e. The fraction of sp³-hybridized carbons (Fsp3) is 0.615. The third-order valence-corrected chi connectivity index (χ3v) is 5.58. The number of rotatable bonds is 5. The third kappa shape index (κ3) is 2.49. The van der Waals surface area contributed by atoms with Crippen LogP contribution in [0.5, 0.6) is 0 Å². The first-order valence-corrected chi connectivity index (χ1v) is 9.15. The molecule has 3 rings (SSSR count). The maximum absolute atomic E-state index is 12.5. The molecular weight excluding hydrogens is 280 g/mol. The molecule has 0 aromatic carbocycles. The molecule has 1 saturated carbocycles. The number of nitrogens with zero attached hydrogens (tertiary/aromatic N) is 1. The zero-order valence-electron chi connectivity index (χ0n) is 10.9. The Morgan fingerprint density at radius 1 is 1.58 bits per heavy atom. The fourth-order valence-corrected chi connectivity index (χ4v) is 3.94. The van der Waals surface area contributed by atoms with Gasteiger partial charge in [0.05, 0.1) is 0 Å². The minimum absolute atomic E-state index is 0.0142. The number of carbonyl (C=O) groups excluding carboxylic acids is 1. The highest BCUT2D eigenvalue weighted by Gasteiger charge is 2.59. The zero-order chi connectivity index (χ0) is 13.5. The molecule has 2 heterocycles. The molecule has 1 saturated heterocycles. The van der Waals surface area contributed by atoms with Crippen molar-refractivity contribution in [2.45, 2.75) is 31.0 Å². The molecule has 2 aliphatic rings. The molecule has 2 atom stereocenters. The average molecular weight is 298 g/mol. The molecule has 1 spiro atoms. The smallest absolute Gasteiger partial charge is 0.244 e. The van der Waals surface area contributed by atoms with Crippen LogP contribution in [0.4, 0.5) is 0 Å². The number of amides is 1. The number of nitrogens with one attached hydrogen (secondary N) is 1. The van der Waals surface area contributed by atoms with E-state index in [-0.39, 0.29) is 17.6 Å². The van der Waals surface area contributed by atoms with Gasteiger partial charge < -0.3 is 4.90 Å². The first kappa shape index (κ1) is 13.3. The molecule has 1 aliphatic carbocycles. The van der Waals surface area contributed by atoms with Crippen molar-refractivity contribution < 1.29 is 9.00 Å². The molecule has 19 heavy (non-hydrogen) atoms. The van der Waals surface area contributed by atoms with Crippen LogP contribution in [0.25, 0.3) is 0 Å². The van der Waals surface area contributed by atoms with Gasteiger partial charge >= 0.3 is 0 Å². The van der Waals surface area contributed by atoms with Crippen molar-refractivity contribution in [3.8, 4) is 0 Å². The van der Waals surface area contributed by atoms with Gasteiger partial charge in [-0.2, -0.15) is 0 Å². The summed E-state index contributed by atoms with van der Waals surface area (Å²) in [5.41, 5.74) is -0.278. The van der Waals surface area contributed by atoms with Gasteiger partial charge in [0.25, 0.3) is 0 Å². The third-order valence-electron chi connectivity index (χ3n) is 3.79. The second kappa shape index (κ2) is 5.00. The summed E-state index contributed by atoms with van der Waals surface area (Å²) >= 11 is 1.68. The van der Waals surface area contributed by atoms with Crippen LogP contribution in [0.1, 0.15) is 30.3 Å². The summed E-state index contributed by atoms with van der Waals surface area (Å²) in [6.45, 7) is 0.690. The average Bonchev–Trinajstić information content (AvgIpc) is 2.84. The Bertz CT molecular complexity index is 497. The Morgan fingerprint density at radius 3 is 2.95 bits per heavy atom. The van der Waals surface area contributed by atoms with Gasteiger partial charge in [-0.1, -0.05) is 6.07 Å². The van der Waals surface area contributed by atoms with Gasteiger partial charge in [0.15, 0.2) is 0 Å². The Kier molecular flexibility index (Phi) is 3.49. The van der Waals surface area contributed by atoms with Gasteiger partial charge in [0, 0.05) is 34.2 Å². The molecule has 1 aliphatic heterocycles. The highest BCUT2D eigenvalue weighted by atomic mass is 32.2. The SMILES string of the molecule is CS(=O)CCCN1C(=O)C2(CC2)NC1c1cccs1. The Balaban J connectivity index is 1.74. The summed E-state index contributed by atoms with van der Waals surface area (Å²) in [6, 6.07) is 4.09. The molecule has 0 radical (unpaired) electrons. The van der Waals surface area contributed by atoms with E-state index in [0.717, 1.165) is 19.3 Å². The van der Waals surface area contributed by atoms with Crippen LogP contribution in [-0.4, -0.2) is 39.1 Å². The van der Waals surface area contributed by atoms with E-state index in [0.29, 0.717) is 12.3 Å². The molecule has 4 nitrogen and oxygen atoms in total. The number of hydrogen-bond donors (Lipinski definition) is 1. The first-order valence-electron chi connectivity index (χ1n) is 6.55. The van der Waals surface area contributed by atoms with Gasteiger partial charge in [-0.15, -0.1) is 11.3 Å². The van der Waals surface area contributed by atoms with E-state index in [9.17, 15) is 9.00 Å². The van der Waals surface area contributed by atoms with Gasteiger partial charge in [0.2, 0.25) is 5.91 Å². The van der Waals surface area contributed by atoms with Crippen LogP contribution < -0.4 is 5.32 Å². The normalized spacial score (nSPS) is 26.1.